The lowest BCUT2D eigenvalue weighted by Crippen LogP contribution is -2.34. The fourth-order valence-electron chi connectivity index (χ4n) is 2.64. The van der Waals surface area contributed by atoms with E-state index in [1.54, 1.807) is 0 Å². The van der Waals surface area contributed by atoms with Crippen LogP contribution in [0, 0.1) is 0 Å². The average molecular weight is 408 g/mol. The molecule has 0 spiro atoms. The third kappa shape index (κ3) is 3.90. The molecular formula is C18H15F3N4O4. The van der Waals surface area contributed by atoms with E-state index >= 15 is 0 Å². The van der Waals surface area contributed by atoms with Gasteiger partial charge in [-0.1, -0.05) is 0 Å². The van der Waals surface area contributed by atoms with Crippen molar-refractivity contribution in [2.24, 2.45) is 5.73 Å². The van der Waals surface area contributed by atoms with Crippen molar-refractivity contribution in [2.45, 2.75) is 25.7 Å². The van der Waals surface area contributed by atoms with Crippen LogP contribution in [0.15, 0.2) is 28.7 Å². The van der Waals surface area contributed by atoms with Crippen LogP contribution in [0.4, 0.5) is 13.2 Å². The van der Waals surface area contributed by atoms with Gasteiger partial charge in [-0.05, 0) is 31.2 Å². The SMILES string of the molecule is C[C@@H](C=O)NC(=O)c1nc(-c2ccc(O)c3nc(C(F)(F)F)ccc23)oc1CN. The minimum atomic E-state index is -4.69. The normalized spacial score (nSPS) is 12.7. The van der Waals surface area contributed by atoms with Gasteiger partial charge in [-0.2, -0.15) is 13.2 Å². The molecule has 0 aliphatic carbocycles. The first-order chi connectivity index (χ1) is 13.7. The average Bonchev–Trinajstić information content (AvgIpc) is 3.11. The van der Waals surface area contributed by atoms with E-state index in [2.05, 4.69) is 15.3 Å². The topological polar surface area (TPSA) is 131 Å². The Bertz CT molecular complexity index is 1090. The van der Waals surface area contributed by atoms with Gasteiger partial charge in [0.05, 0.1) is 12.6 Å². The van der Waals surface area contributed by atoms with Gasteiger partial charge in [0.1, 0.15) is 23.2 Å². The summed E-state index contributed by atoms with van der Waals surface area (Å²) in [4.78, 5) is 30.6. The lowest BCUT2D eigenvalue weighted by molar-refractivity contribution is -0.141. The molecule has 0 fully saturated rings. The highest BCUT2D eigenvalue weighted by Gasteiger charge is 2.33. The highest BCUT2D eigenvalue weighted by atomic mass is 19.4. The second-order valence-electron chi connectivity index (χ2n) is 6.12. The molecule has 4 N–H and O–H groups in total. The zero-order chi connectivity index (χ0) is 21.3. The van der Waals surface area contributed by atoms with E-state index < -0.39 is 29.6 Å². The molecule has 8 nitrogen and oxygen atoms in total. The zero-order valence-corrected chi connectivity index (χ0v) is 14.9. The second kappa shape index (κ2) is 7.51. The van der Waals surface area contributed by atoms with Crippen LogP contribution in [0.25, 0.3) is 22.4 Å². The lowest BCUT2D eigenvalue weighted by atomic mass is 10.1. The number of oxazole rings is 1. The number of aromatic nitrogens is 2. The molecule has 3 aromatic rings. The first-order valence-electron chi connectivity index (χ1n) is 8.32. The molecule has 1 atom stereocenters. The summed E-state index contributed by atoms with van der Waals surface area (Å²) in [6, 6.07) is 3.63. The molecule has 0 radical (unpaired) electrons. The maximum absolute atomic E-state index is 12.9. The summed E-state index contributed by atoms with van der Waals surface area (Å²) in [5.74, 6) is -1.23. The van der Waals surface area contributed by atoms with Gasteiger partial charge < -0.3 is 25.4 Å². The fourth-order valence-corrected chi connectivity index (χ4v) is 2.64. The van der Waals surface area contributed by atoms with Crippen molar-refractivity contribution in [3.8, 4) is 17.2 Å². The van der Waals surface area contributed by atoms with Crippen LogP contribution >= 0.6 is 0 Å². The highest BCUT2D eigenvalue weighted by Crippen LogP contribution is 2.36. The lowest BCUT2D eigenvalue weighted by Gasteiger charge is -2.09. The molecule has 0 bridgehead atoms. The van der Waals surface area contributed by atoms with Crippen molar-refractivity contribution < 1.29 is 32.3 Å². The fraction of sp³-hybridized carbons (Fsp3) is 0.222. The van der Waals surface area contributed by atoms with Crippen LogP contribution in [0.2, 0.25) is 0 Å². The molecule has 152 valence electrons. The molecule has 0 saturated carbocycles. The standard InChI is InChI=1S/C18H15F3N4O4/c1-8(7-26)23-16(28)15-12(6-22)29-17(25-15)10-2-4-11(27)14-9(10)3-5-13(24-14)18(19,20)21/h2-5,7-8,27H,6,22H2,1H3,(H,23,28)/t8-/m0/s1. The third-order valence-corrected chi connectivity index (χ3v) is 4.02. The highest BCUT2D eigenvalue weighted by molar-refractivity contribution is 5.98. The summed E-state index contributed by atoms with van der Waals surface area (Å²) in [6.45, 7) is 1.28. The van der Waals surface area contributed by atoms with E-state index in [1.807, 2.05) is 0 Å². The molecule has 2 aromatic heterocycles. The molecule has 2 heterocycles. The Kier molecular flexibility index (Phi) is 5.25. The van der Waals surface area contributed by atoms with E-state index in [1.165, 1.54) is 13.0 Å². The summed E-state index contributed by atoms with van der Waals surface area (Å²) in [5.41, 5.74) is 4.17. The van der Waals surface area contributed by atoms with Gasteiger partial charge in [0.2, 0.25) is 5.89 Å². The van der Waals surface area contributed by atoms with Crippen LogP contribution in [-0.2, 0) is 17.5 Å². The van der Waals surface area contributed by atoms with Gasteiger partial charge >= 0.3 is 6.18 Å². The number of hydrogen-bond acceptors (Lipinski definition) is 7. The van der Waals surface area contributed by atoms with Gasteiger partial charge in [-0.15, -0.1) is 0 Å². The smallest absolute Gasteiger partial charge is 0.433 e. The number of carbonyl (C=O) groups is 2. The number of benzene rings is 1. The monoisotopic (exact) mass is 408 g/mol. The van der Waals surface area contributed by atoms with E-state index in [-0.39, 0.29) is 40.4 Å². The molecule has 29 heavy (non-hydrogen) atoms. The molecule has 0 unspecified atom stereocenters. The van der Waals surface area contributed by atoms with Gasteiger partial charge in [0, 0.05) is 10.9 Å². The van der Waals surface area contributed by atoms with Crippen LogP contribution in [-0.4, -0.2) is 33.3 Å². The predicted octanol–water partition coefficient (Wildman–Crippen LogP) is 2.39. The maximum atomic E-state index is 12.9. The van der Waals surface area contributed by atoms with Crippen LogP contribution in [0.1, 0.15) is 28.9 Å². The number of hydrogen-bond donors (Lipinski definition) is 3. The van der Waals surface area contributed by atoms with Crippen LogP contribution in [0.5, 0.6) is 5.75 Å². The number of nitrogens with zero attached hydrogens (tertiary/aromatic N) is 2. The Morgan fingerprint density at radius 3 is 2.66 bits per heavy atom. The minimum Gasteiger partial charge on any atom is -0.506 e. The molecule has 0 aliphatic rings. The summed E-state index contributed by atoms with van der Waals surface area (Å²) < 4.78 is 44.3. The van der Waals surface area contributed by atoms with Crippen molar-refractivity contribution in [3.05, 3.63) is 41.4 Å². The van der Waals surface area contributed by atoms with E-state index in [0.29, 0.717) is 6.29 Å². The van der Waals surface area contributed by atoms with E-state index in [0.717, 1.165) is 18.2 Å². The van der Waals surface area contributed by atoms with E-state index in [9.17, 15) is 27.9 Å². The van der Waals surface area contributed by atoms with Gasteiger partial charge in [0.25, 0.3) is 5.91 Å². The molecule has 3 rings (SSSR count). The Hall–Kier alpha value is -3.47. The molecule has 0 saturated heterocycles. The van der Waals surface area contributed by atoms with Crippen LogP contribution in [0.3, 0.4) is 0 Å². The number of aromatic hydroxyl groups is 1. The van der Waals surface area contributed by atoms with Crippen molar-refractivity contribution in [1.29, 1.82) is 0 Å². The summed E-state index contributed by atoms with van der Waals surface area (Å²) >= 11 is 0. The van der Waals surface area contributed by atoms with E-state index in [4.69, 9.17) is 10.2 Å². The van der Waals surface area contributed by atoms with Crippen molar-refractivity contribution in [3.63, 3.8) is 0 Å². The van der Waals surface area contributed by atoms with Gasteiger partial charge in [0.15, 0.2) is 11.5 Å². The molecule has 11 heteroatoms. The number of carbonyl (C=O) groups excluding carboxylic acids is 2. The number of nitrogens with one attached hydrogen (secondary N) is 1. The largest absolute Gasteiger partial charge is 0.506 e. The van der Waals surface area contributed by atoms with Crippen molar-refractivity contribution >= 4 is 23.1 Å². The number of rotatable bonds is 5. The van der Waals surface area contributed by atoms with Crippen molar-refractivity contribution in [1.82, 2.24) is 15.3 Å². The molecule has 1 aromatic carbocycles. The maximum Gasteiger partial charge on any atom is 0.433 e. The third-order valence-electron chi connectivity index (χ3n) is 4.02. The molecular weight excluding hydrogens is 393 g/mol. The number of aldehydes is 1. The Morgan fingerprint density at radius 1 is 1.31 bits per heavy atom. The number of halogens is 3. The number of alkyl halides is 3. The number of amides is 1. The van der Waals surface area contributed by atoms with Gasteiger partial charge in [-0.3, -0.25) is 4.79 Å². The number of nitrogens with two attached hydrogens (primary N) is 1. The Balaban J connectivity index is 2.13. The quantitative estimate of drug-likeness (QED) is 0.553. The second-order valence-corrected chi connectivity index (χ2v) is 6.12. The molecule has 0 aliphatic heterocycles. The van der Waals surface area contributed by atoms with Gasteiger partial charge in [-0.25, -0.2) is 9.97 Å². The number of fused-ring (bicyclic) bond motifs is 1. The summed E-state index contributed by atoms with van der Waals surface area (Å²) in [7, 11) is 0. The van der Waals surface area contributed by atoms with Crippen molar-refractivity contribution in [2.75, 3.05) is 0 Å². The zero-order valence-electron chi connectivity index (χ0n) is 14.9. The summed E-state index contributed by atoms with van der Waals surface area (Å²) in [6.07, 6.45) is -4.16. The first kappa shape index (κ1) is 20.3. The number of phenolic OH excluding ortho intramolecular Hbond substituents is 1. The number of pyridine rings is 1. The van der Waals surface area contributed by atoms with Crippen LogP contribution < -0.4 is 11.1 Å². The summed E-state index contributed by atoms with van der Waals surface area (Å²) in [5, 5.41) is 12.5. The first-order valence-corrected chi connectivity index (χ1v) is 8.32. The molecule has 1 amide bonds. The minimum absolute atomic E-state index is 0.0247. The predicted molar refractivity (Wildman–Crippen MR) is 94.8 cm³/mol. The Labute approximate surface area is 161 Å². The number of phenols is 1. The Morgan fingerprint density at radius 2 is 2.03 bits per heavy atom.